The van der Waals surface area contributed by atoms with E-state index in [1.165, 1.54) is 33.4 Å². The molecule has 0 aromatic heterocycles. The van der Waals surface area contributed by atoms with E-state index in [0.717, 1.165) is 30.4 Å². The summed E-state index contributed by atoms with van der Waals surface area (Å²) in [6.45, 7) is 49.8. The van der Waals surface area contributed by atoms with E-state index in [2.05, 4.69) is 186 Å². The van der Waals surface area contributed by atoms with Gasteiger partial charge in [-0.05, 0) is 87.0 Å². The van der Waals surface area contributed by atoms with Crippen LogP contribution in [-0.4, -0.2) is 5.71 Å². The van der Waals surface area contributed by atoms with Gasteiger partial charge in [-0.1, -0.05) is 236 Å². The van der Waals surface area contributed by atoms with Crippen LogP contribution in [0, 0.1) is 16.2 Å². The van der Waals surface area contributed by atoms with Gasteiger partial charge < -0.3 is 5.41 Å². The molecule has 0 aliphatic heterocycles. The van der Waals surface area contributed by atoms with Gasteiger partial charge in [-0.3, -0.25) is 0 Å². The normalized spacial score (nSPS) is 13.1. The molecule has 1 N–H and O–H groups in total. The standard InChI is InChI=1S/C26H32.C13H18.C5H12.C3H7N.3C2H6/c1-6-12-24(18-17-21(2)3)26(5,20-23-14-8-7-9-15-23)25-16-11-10-13-22(4)19-25;1-10(2)11-7-6-8-12(9-11)13(3,4)5;1-5(2,3)4;1-3(2)4;3*1-2/h7-15,17-19H,2,6,16,20H2,1,3-5H3;6-9H,1H2,2-5H3;1-4H3;4H,1-2H3;3*1-2H3/b18-17-,24-12+;;;;;;/t26-;;;;;;/m0....../s1. The summed E-state index contributed by atoms with van der Waals surface area (Å²) in [5.74, 6) is 0. The Balaban J connectivity index is -0.000000370. The van der Waals surface area contributed by atoms with E-state index in [4.69, 9.17) is 5.41 Å². The van der Waals surface area contributed by atoms with Crippen LogP contribution in [0.15, 0.2) is 133 Å². The molecule has 2 aromatic carbocycles. The molecule has 1 nitrogen and oxygen atoms in total. The Morgan fingerprint density at radius 2 is 1.26 bits per heavy atom. The van der Waals surface area contributed by atoms with Crippen molar-refractivity contribution >= 4 is 11.3 Å². The summed E-state index contributed by atoms with van der Waals surface area (Å²) in [4.78, 5) is 0. The molecule has 304 valence electrons. The lowest BCUT2D eigenvalue weighted by atomic mass is 9.69. The van der Waals surface area contributed by atoms with Gasteiger partial charge in [0.25, 0.3) is 0 Å². The Hall–Kier alpha value is -3.71. The number of allylic oxidation sites excluding steroid dienone is 12. The van der Waals surface area contributed by atoms with Crippen molar-refractivity contribution in [2.24, 2.45) is 10.8 Å². The molecule has 1 aliphatic carbocycles. The minimum absolute atomic E-state index is 0.0485. The predicted octanol–water partition coefficient (Wildman–Crippen LogP) is 17.7. The van der Waals surface area contributed by atoms with Crippen molar-refractivity contribution in [3.05, 3.63) is 149 Å². The fraction of sp³-hybridized carbons (Fsp3) is 0.491. The molecular weight excluding hydrogens is 651 g/mol. The summed E-state index contributed by atoms with van der Waals surface area (Å²) in [5.41, 5.74) is 11.7. The van der Waals surface area contributed by atoms with Crippen molar-refractivity contribution in [2.45, 2.75) is 163 Å². The maximum Gasteiger partial charge on any atom is 0.0177 e. The molecule has 0 spiro atoms. The van der Waals surface area contributed by atoms with Gasteiger partial charge in [0, 0.05) is 11.1 Å². The number of rotatable bonds is 8. The summed E-state index contributed by atoms with van der Waals surface area (Å²) in [7, 11) is 0. The molecule has 3 rings (SSSR count). The zero-order chi connectivity index (χ0) is 43.1. The molecule has 54 heavy (non-hydrogen) atoms. The van der Waals surface area contributed by atoms with E-state index in [9.17, 15) is 0 Å². The Kier molecular flexibility index (Phi) is 33.4. The second-order valence-electron chi connectivity index (χ2n) is 16.1. The summed E-state index contributed by atoms with van der Waals surface area (Å²) < 4.78 is 0. The zero-order valence-corrected chi connectivity index (χ0v) is 39.3. The van der Waals surface area contributed by atoms with Crippen LogP contribution in [0.25, 0.3) is 5.57 Å². The number of hydrogen-bond acceptors (Lipinski definition) is 1. The van der Waals surface area contributed by atoms with Gasteiger partial charge in [0.2, 0.25) is 0 Å². The molecule has 1 atom stereocenters. The van der Waals surface area contributed by atoms with Crippen molar-refractivity contribution in [3.8, 4) is 0 Å². The van der Waals surface area contributed by atoms with Crippen LogP contribution < -0.4 is 0 Å². The molecule has 1 heteroatoms. The molecule has 0 heterocycles. The van der Waals surface area contributed by atoms with Gasteiger partial charge in [0.15, 0.2) is 0 Å². The molecule has 0 radical (unpaired) electrons. The van der Waals surface area contributed by atoms with E-state index in [0.29, 0.717) is 11.1 Å². The second kappa shape index (κ2) is 31.6. The maximum absolute atomic E-state index is 6.50. The molecular formula is C53H87N. The quantitative estimate of drug-likeness (QED) is 0.206. The first-order valence-corrected chi connectivity index (χ1v) is 20.5. The average Bonchev–Trinajstić information content (AvgIpc) is 3.33. The van der Waals surface area contributed by atoms with Crippen LogP contribution in [0.5, 0.6) is 0 Å². The molecule has 0 amide bonds. The van der Waals surface area contributed by atoms with E-state index in [-0.39, 0.29) is 10.8 Å². The molecule has 0 saturated heterocycles. The van der Waals surface area contributed by atoms with Crippen LogP contribution in [0.2, 0.25) is 0 Å². The van der Waals surface area contributed by atoms with E-state index < -0.39 is 0 Å². The fourth-order valence-electron chi connectivity index (χ4n) is 4.77. The summed E-state index contributed by atoms with van der Waals surface area (Å²) in [6, 6.07) is 19.4. The van der Waals surface area contributed by atoms with Gasteiger partial charge in [-0.15, -0.1) is 0 Å². The Morgan fingerprint density at radius 3 is 1.69 bits per heavy atom. The van der Waals surface area contributed by atoms with Gasteiger partial charge in [-0.25, -0.2) is 0 Å². The first kappa shape index (κ1) is 57.0. The molecule has 0 saturated carbocycles. The minimum Gasteiger partial charge on any atom is -0.310 e. The van der Waals surface area contributed by atoms with Crippen LogP contribution in [0.4, 0.5) is 0 Å². The van der Waals surface area contributed by atoms with Crippen molar-refractivity contribution in [1.82, 2.24) is 0 Å². The highest BCUT2D eigenvalue weighted by Gasteiger charge is 2.32. The molecule has 2 aromatic rings. The first-order chi connectivity index (χ1) is 25.1. The highest BCUT2D eigenvalue weighted by atomic mass is 14.4. The zero-order valence-electron chi connectivity index (χ0n) is 39.3. The van der Waals surface area contributed by atoms with Crippen molar-refractivity contribution in [2.75, 3.05) is 0 Å². The van der Waals surface area contributed by atoms with Crippen molar-refractivity contribution in [3.63, 3.8) is 0 Å². The Morgan fingerprint density at radius 1 is 0.759 bits per heavy atom. The lowest BCUT2D eigenvalue weighted by Crippen LogP contribution is -2.25. The Bertz CT molecular complexity index is 1450. The number of nitrogens with one attached hydrogen (secondary N) is 1. The minimum atomic E-state index is -0.0485. The fourth-order valence-corrected chi connectivity index (χ4v) is 4.77. The lowest BCUT2D eigenvalue weighted by molar-refractivity contribution is 0.469. The largest absolute Gasteiger partial charge is 0.310 e. The maximum atomic E-state index is 6.50. The summed E-state index contributed by atoms with van der Waals surface area (Å²) in [5, 5.41) is 6.50. The van der Waals surface area contributed by atoms with E-state index in [1.54, 1.807) is 13.8 Å². The topological polar surface area (TPSA) is 23.9 Å². The smallest absolute Gasteiger partial charge is 0.0177 e. The molecule has 1 aliphatic rings. The van der Waals surface area contributed by atoms with Gasteiger partial charge >= 0.3 is 0 Å². The first-order valence-electron chi connectivity index (χ1n) is 20.5. The molecule has 0 bridgehead atoms. The highest BCUT2D eigenvalue weighted by Crippen LogP contribution is 2.43. The number of hydrogen-bond donors (Lipinski definition) is 1. The van der Waals surface area contributed by atoms with Crippen LogP contribution in [0.3, 0.4) is 0 Å². The lowest BCUT2D eigenvalue weighted by Gasteiger charge is -2.35. The third-order valence-electron chi connectivity index (χ3n) is 7.17. The monoisotopic (exact) mass is 738 g/mol. The Labute approximate surface area is 338 Å². The molecule has 0 unspecified atom stereocenters. The molecule has 0 fully saturated rings. The van der Waals surface area contributed by atoms with Gasteiger partial charge in [0.05, 0.1) is 0 Å². The SMILES string of the molecule is C=C(C)/C=C\C(=C/CC)[C@](C)(Cc1ccccc1)C1=CC(C)=CC=CC1.C=C(C)c1cccc(C(C)(C)C)c1.CC.CC.CC.CC(C)(C)C.CC(C)=N. The van der Waals surface area contributed by atoms with Crippen LogP contribution >= 0.6 is 0 Å². The van der Waals surface area contributed by atoms with E-state index >= 15 is 0 Å². The van der Waals surface area contributed by atoms with Gasteiger partial charge in [-0.2, -0.15) is 0 Å². The van der Waals surface area contributed by atoms with Crippen molar-refractivity contribution < 1.29 is 0 Å². The van der Waals surface area contributed by atoms with E-state index in [1.807, 2.05) is 48.5 Å². The predicted molar refractivity (Wildman–Crippen MR) is 254 cm³/mol. The third kappa shape index (κ3) is 29.7. The second-order valence-corrected chi connectivity index (χ2v) is 16.1. The average molecular weight is 738 g/mol. The summed E-state index contributed by atoms with van der Waals surface area (Å²) in [6.07, 6.45) is 18.8. The third-order valence-corrected chi connectivity index (χ3v) is 7.17. The summed E-state index contributed by atoms with van der Waals surface area (Å²) >= 11 is 0. The van der Waals surface area contributed by atoms with Crippen molar-refractivity contribution in [1.29, 1.82) is 5.41 Å². The van der Waals surface area contributed by atoms with Gasteiger partial charge in [0.1, 0.15) is 0 Å². The van der Waals surface area contributed by atoms with Crippen LogP contribution in [0.1, 0.15) is 168 Å². The van der Waals surface area contributed by atoms with Crippen LogP contribution in [-0.2, 0) is 11.8 Å². The number of benzene rings is 2. The highest BCUT2D eigenvalue weighted by molar-refractivity contribution is 5.75.